The lowest BCUT2D eigenvalue weighted by molar-refractivity contribution is 0.340. The molecule has 0 radical (unpaired) electrons. The Labute approximate surface area is 117 Å². The van der Waals surface area contributed by atoms with Crippen LogP contribution in [0.25, 0.3) is 11.3 Å². The van der Waals surface area contributed by atoms with Crippen LogP contribution in [0.2, 0.25) is 5.02 Å². The van der Waals surface area contributed by atoms with Crippen molar-refractivity contribution in [2.45, 2.75) is 20.4 Å². The van der Waals surface area contributed by atoms with Crippen molar-refractivity contribution in [3.05, 3.63) is 51.8 Å². The van der Waals surface area contributed by atoms with E-state index in [1.165, 1.54) is 0 Å². The molecule has 0 fully saturated rings. The summed E-state index contributed by atoms with van der Waals surface area (Å²) in [5.74, 6) is 0.825. The first-order chi connectivity index (χ1) is 9.17. The molecule has 1 aromatic heterocycles. The average molecular weight is 278 g/mol. The quantitative estimate of drug-likeness (QED) is 0.855. The highest BCUT2D eigenvalue weighted by Crippen LogP contribution is 2.22. The Balaban J connectivity index is 2.47. The van der Waals surface area contributed by atoms with Crippen molar-refractivity contribution in [1.29, 1.82) is 0 Å². The highest BCUT2D eigenvalue weighted by atomic mass is 35.5. The van der Waals surface area contributed by atoms with Crippen molar-refractivity contribution >= 4 is 11.6 Å². The second-order valence-corrected chi connectivity index (χ2v) is 4.48. The Morgan fingerprint density at radius 2 is 1.79 bits per heavy atom. The molecule has 0 aliphatic rings. The molecule has 4 heteroatoms. The Hall–Kier alpha value is -1.74. The number of ether oxygens (including phenoxy) is 1. The highest BCUT2D eigenvalue weighted by molar-refractivity contribution is 6.30. The fraction of sp³-hybridized carbons (Fsp3) is 0.267. The minimum atomic E-state index is -0.157. The summed E-state index contributed by atoms with van der Waals surface area (Å²) < 4.78 is 7.07. The van der Waals surface area contributed by atoms with E-state index in [1.54, 1.807) is 10.6 Å². The number of pyridine rings is 1. The lowest BCUT2D eigenvalue weighted by Gasteiger charge is -2.12. The highest BCUT2D eigenvalue weighted by Gasteiger charge is 2.08. The first-order valence-corrected chi connectivity index (χ1v) is 6.67. The smallest absolute Gasteiger partial charge is 0.269 e. The Kier molecular flexibility index (Phi) is 4.27. The second kappa shape index (κ2) is 5.93. The molecule has 0 aliphatic carbocycles. The molecule has 0 amide bonds. The molecule has 2 aromatic rings. The van der Waals surface area contributed by atoms with Gasteiger partial charge in [-0.3, -0.25) is 4.79 Å². The number of nitrogens with zero attached hydrogens (tertiary/aromatic N) is 1. The summed E-state index contributed by atoms with van der Waals surface area (Å²) in [6.07, 6.45) is 0. The normalized spacial score (nSPS) is 10.5. The molecule has 19 heavy (non-hydrogen) atoms. The van der Waals surface area contributed by atoms with Crippen molar-refractivity contribution in [2.24, 2.45) is 0 Å². The predicted octanol–water partition coefficient (Wildman–Crippen LogP) is 3.59. The van der Waals surface area contributed by atoms with Gasteiger partial charge in [0.25, 0.3) is 5.56 Å². The van der Waals surface area contributed by atoms with Gasteiger partial charge in [0, 0.05) is 6.54 Å². The fourth-order valence-corrected chi connectivity index (χ4v) is 2.17. The van der Waals surface area contributed by atoms with Crippen LogP contribution in [0, 0.1) is 0 Å². The van der Waals surface area contributed by atoms with Gasteiger partial charge in [0.2, 0.25) is 0 Å². The summed E-state index contributed by atoms with van der Waals surface area (Å²) in [4.78, 5) is 12.0. The molecule has 0 saturated carbocycles. The van der Waals surface area contributed by atoms with E-state index in [4.69, 9.17) is 16.3 Å². The summed E-state index contributed by atoms with van der Waals surface area (Å²) in [5.41, 5.74) is 1.68. The molecule has 0 N–H and O–H groups in total. The van der Waals surface area contributed by atoms with Gasteiger partial charge in [-0.25, -0.2) is 0 Å². The molecular formula is C15H16ClNO2. The largest absolute Gasteiger partial charge is 0.494 e. The predicted molar refractivity (Wildman–Crippen MR) is 78.0 cm³/mol. The van der Waals surface area contributed by atoms with Crippen LogP contribution in [0.3, 0.4) is 0 Å². The van der Waals surface area contributed by atoms with E-state index < -0.39 is 0 Å². The first-order valence-electron chi connectivity index (χ1n) is 6.30. The van der Waals surface area contributed by atoms with Gasteiger partial charge in [0.15, 0.2) is 0 Å². The van der Waals surface area contributed by atoms with Crippen LogP contribution < -0.4 is 10.3 Å². The van der Waals surface area contributed by atoms with Crippen LogP contribution in [0.4, 0.5) is 0 Å². The van der Waals surface area contributed by atoms with Gasteiger partial charge in [-0.2, -0.15) is 0 Å². The summed E-state index contributed by atoms with van der Waals surface area (Å²) in [5, 5.41) is 0.247. The van der Waals surface area contributed by atoms with Crippen molar-refractivity contribution in [3.63, 3.8) is 0 Å². The van der Waals surface area contributed by atoms with E-state index in [2.05, 4.69) is 0 Å². The summed E-state index contributed by atoms with van der Waals surface area (Å²) in [6.45, 7) is 5.10. The SMILES string of the molecule is CCOc1ccc(-c2ccc(Cl)c(=O)n2CC)cc1. The third-order valence-corrected chi connectivity index (χ3v) is 3.19. The lowest BCUT2D eigenvalue weighted by atomic mass is 10.1. The number of benzene rings is 1. The monoisotopic (exact) mass is 277 g/mol. The molecule has 1 heterocycles. The van der Waals surface area contributed by atoms with Crippen LogP contribution in [0.1, 0.15) is 13.8 Å². The fourth-order valence-electron chi connectivity index (χ4n) is 2.01. The third kappa shape index (κ3) is 2.82. The maximum absolute atomic E-state index is 12.0. The Morgan fingerprint density at radius 1 is 1.11 bits per heavy atom. The summed E-state index contributed by atoms with van der Waals surface area (Å²) in [7, 11) is 0. The van der Waals surface area contributed by atoms with Gasteiger partial charge in [-0.05, 0) is 55.8 Å². The topological polar surface area (TPSA) is 31.2 Å². The summed E-state index contributed by atoms with van der Waals surface area (Å²) >= 11 is 5.87. The van der Waals surface area contributed by atoms with Crippen LogP contribution in [0.5, 0.6) is 5.75 Å². The van der Waals surface area contributed by atoms with Gasteiger partial charge in [-0.1, -0.05) is 11.6 Å². The second-order valence-electron chi connectivity index (χ2n) is 4.07. The zero-order valence-electron chi connectivity index (χ0n) is 11.0. The van der Waals surface area contributed by atoms with E-state index in [-0.39, 0.29) is 10.6 Å². The third-order valence-electron chi connectivity index (χ3n) is 2.91. The van der Waals surface area contributed by atoms with Crippen molar-refractivity contribution in [2.75, 3.05) is 6.61 Å². The van der Waals surface area contributed by atoms with Gasteiger partial charge >= 0.3 is 0 Å². The van der Waals surface area contributed by atoms with Crippen LogP contribution in [0.15, 0.2) is 41.2 Å². The number of hydrogen-bond donors (Lipinski definition) is 0. The zero-order valence-corrected chi connectivity index (χ0v) is 11.8. The van der Waals surface area contributed by atoms with E-state index in [1.807, 2.05) is 44.2 Å². The first kappa shape index (κ1) is 13.7. The van der Waals surface area contributed by atoms with E-state index in [0.29, 0.717) is 13.2 Å². The molecule has 0 unspecified atom stereocenters. The molecular weight excluding hydrogens is 262 g/mol. The van der Waals surface area contributed by atoms with Gasteiger partial charge in [0.1, 0.15) is 10.8 Å². The Morgan fingerprint density at radius 3 is 2.37 bits per heavy atom. The number of rotatable bonds is 4. The van der Waals surface area contributed by atoms with Crippen LogP contribution in [-0.4, -0.2) is 11.2 Å². The average Bonchev–Trinajstić information content (AvgIpc) is 2.43. The number of hydrogen-bond acceptors (Lipinski definition) is 2. The summed E-state index contributed by atoms with van der Waals surface area (Å²) in [6, 6.07) is 11.2. The van der Waals surface area contributed by atoms with Crippen LogP contribution >= 0.6 is 11.6 Å². The minimum Gasteiger partial charge on any atom is -0.494 e. The Bertz CT molecular complexity index is 617. The van der Waals surface area contributed by atoms with Gasteiger partial charge in [0.05, 0.1) is 12.3 Å². The molecule has 0 saturated heterocycles. The molecule has 0 aliphatic heterocycles. The number of aromatic nitrogens is 1. The van der Waals surface area contributed by atoms with Crippen LogP contribution in [-0.2, 0) is 6.54 Å². The van der Waals surface area contributed by atoms with E-state index in [0.717, 1.165) is 17.0 Å². The molecule has 100 valence electrons. The van der Waals surface area contributed by atoms with Crippen molar-refractivity contribution in [1.82, 2.24) is 4.57 Å². The minimum absolute atomic E-state index is 0.157. The number of halogens is 1. The molecule has 0 spiro atoms. The molecule has 3 nitrogen and oxygen atoms in total. The van der Waals surface area contributed by atoms with E-state index >= 15 is 0 Å². The standard InChI is InChI=1S/C15H16ClNO2/c1-3-17-14(10-9-13(16)15(17)18)11-5-7-12(8-6-11)19-4-2/h5-10H,3-4H2,1-2H3. The molecule has 2 rings (SSSR count). The lowest BCUT2D eigenvalue weighted by Crippen LogP contribution is -2.20. The zero-order chi connectivity index (χ0) is 13.8. The molecule has 0 bridgehead atoms. The van der Waals surface area contributed by atoms with Gasteiger partial charge in [-0.15, -0.1) is 0 Å². The molecule has 1 aromatic carbocycles. The van der Waals surface area contributed by atoms with Crippen molar-refractivity contribution in [3.8, 4) is 17.0 Å². The molecule has 0 atom stereocenters. The van der Waals surface area contributed by atoms with Crippen molar-refractivity contribution < 1.29 is 4.74 Å². The maximum atomic E-state index is 12.0. The maximum Gasteiger partial charge on any atom is 0.269 e. The van der Waals surface area contributed by atoms with Gasteiger partial charge < -0.3 is 9.30 Å². The van der Waals surface area contributed by atoms with E-state index in [9.17, 15) is 4.79 Å².